The molecule has 23 heavy (non-hydrogen) atoms. The van der Waals surface area contributed by atoms with Gasteiger partial charge in [-0.2, -0.15) is 0 Å². The zero-order chi connectivity index (χ0) is 16.4. The zero-order valence-corrected chi connectivity index (χ0v) is 15.3. The summed E-state index contributed by atoms with van der Waals surface area (Å²) in [6, 6.07) is 7.50. The van der Waals surface area contributed by atoms with Crippen molar-refractivity contribution in [2.45, 2.75) is 38.3 Å². The molecule has 2 aromatic heterocycles. The van der Waals surface area contributed by atoms with Gasteiger partial charge in [-0.1, -0.05) is 12.5 Å². The number of carboxylic acids is 1. The fourth-order valence-corrected chi connectivity index (χ4v) is 4.79. The van der Waals surface area contributed by atoms with Crippen LogP contribution in [0.4, 0.5) is 0 Å². The van der Waals surface area contributed by atoms with E-state index in [-0.39, 0.29) is 6.04 Å². The second-order valence-corrected chi connectivity index (χ2v) is 8.33. The third-order valence-corrected chi connectivity index (χ3v) is 6.01. The summed E-state index contributed by atoms with van der Waals surface area (Å²) in [6.07, 6.45) is 4.48. The van der Waals surface area contributed by atoms with Crippen molar-refractivity contribution in [3.63, 3.8) is 0 Å². The summed E-state index contributed by atoms with van der Waals surface area (Å²) in [5.74, 6) is -0.737. The summed E-state index contributed by atoms with van der Waals surface area (Å²) in [6.45, 7) is 2.82. The molecular weight excluding hydrogens is 376 g/mol. The second-order valence-electron chi connectivity index (χ2n) is 5.84. The highest BCUT2D eigenvalue weighted by molar-refractivity contribution is 9.11. The van der Waals surface area contributed by atoms with Gasteiger partial charge < -0.3 is 5.11 Å². The fraction of sp³-hybridized carbons (Fsp3) is 0.412. The molecule has 0 amide bonds. The van der Waals surface area contributed by atoms with Crippen LogP contribution in [-0.2, 0) is 4.79 Å². The molecule has 2 aromatic rings. The normalized spacial score (nSPS) is 20.3. The Hall–Kier alpha value is -1.24. The first-order valence-corrected chi connectivity index (χ1v) is 9.34. The summed E-state index contributed by atoms with van der Waals surface area (Å²) in [5.41, 5.74) is 2.05. The molecule has 0 bridgehead atoms. The molecule has 2 atom stereocenters. The number of piperidine rings is 1. The highest BCUT2D eigenvalue weighted by Crippen LogP contribution is 2.38. The van der Waals surface area contributed by atoms with Gasteiger partial charge >= 0.3 is 5.97 Å². The maximum atomic E-state index is 11.8. The van der Waals surface area contributed by atoms with Crippen LogP contribution in [-0.4, -0.2) is 33.5 Å². The Balaban J connectivity index is 2.08. The number of aryl methyl sites for hydroxylation is 1. The zero-order valence-electron chi connectivity index (χ0n) is 12.9. The number of hydrogen-bond donors (Lipinski definition) is 1. The van der Waals surface area contributed by atoms with Gasteiger partial charge in [-0.3, -0.25) is 14.7 Å². The number of carboxylic acid groups (broad SMARTS) is 1. The van der Waals surface area contributed by atoms with Crippen LogP contribution in [0.15, 0.2) is 34.2 Å². The Bertz CT molecular complexity index is 703. The SMILES string of the molecule is Cc1cccnc1C(c1ccc(Br)s1)N1CCCCC1C(=O)O. The Labute approximate surface area is 148 Å². The molecule has 1 aliphatic heterocycles. The molecular formula is C17H19BrN2O2S. The van der Waals surface area contributed by atoms with Gasteiger partial charge in [-0.25, -0.2) is 0 Å². The molecule has 4 nitrogen and oxygen atoms in total. The first-order chi connectivity index (χ1) is 11.1. The van der Waals surface area contributed by atoms with Crippen LogP contribution in [0.25, 0.3) is 0 Å². The summed E-state index contributed by atoms with van der Waals surface area (Å²) in [5, 5.41) is 9.66. The first kappa shape index (κ1) is 16.6. The molecule has 1 N–H and O–H groups in total. The number of carbonyl (C=O) groups is 1. The van der Waals surface area contributed by atoms with Crippen molar-refractivity contribution in [3.8, 4) is 0 Å². The summed E-state index contributed by atoms with van der Waals surface area (Å²) in [7, 11) is 0. The Morgan fingerprint density at radius 2 is 2.26 bits per heavy atom. The van der Waals surface area contributed by atoms with E-state index in [9.17, 15) is 9.90 Å². The van der Waals surface area contributed by atoms with E-state index in [0.29, 0.717) is 6.42 Å². The minimum absolute atomic E-state index is 0.103. The molecule has 0 spiro atoms. The third-order valence-electron chi connectivity index (χ3n) is 4.33. The van der Waals surface area contributed by atoms with Crippen molar-refractivity contribution >= 4 is 33.2 Å². The number of thiophene rings is 1. The second kappa shape index (κ2) is 7.11. The highest BCUT2D eigenvalue weighted by Gasteiger charge is 2.36. The van der Waals surface area contributed by atoms with E-state index in [1.165, 1.54) is 0 Å². The molecule has 0 aromatic carbocycles. The smallest absolute Gasteiger partial charge is 0.320 e. The minimum Gasteiger partial charge on any atom is -0.480 e. The van der Waals surface area contributed by atoms with Crippen LogP contribution >= 0.6 is 27.3 Å². The maximum absolute atomic E-state index is 11.8. The molecule has 1 aliphatic rings. The highest BCUT2D eigenvalue weighted by atomic mass is 79.9. The molecule has 1 saturated heterocycles. The van der Waals surface area contributed by atoms with E-state index in [1.807, 2.05) is 25.1 Å². The van der Waals surface area contributed by atoms with Gasteiger partial charge in [0.05, 0.1) is 15.5 Å². The van der Waals surface area contributed by atoms with Crippen LogP contribution in [0.5, 0.6) is 0 Å². The van der Waals surface area contributed by atoms with Gasteiger partial charge in [0, 0.05) is 17.6 Å². The maximum Gasteiger partial charge on any atom is 0.320 e. The Morgan fingerprint density at radius 1 is 1.43 bits per heavy atom. The van der Waals surface area contributed by atoms with Crippen molar-refractivity contribution in [1.29, 1.82) is 0 Å². The molecule has 0 aliphatic carbocycles. The van der Waals surface area contributed by atoms with Crippen molar-refractivity contribution < 1.29 is 9.90 Å². The molecule has 1 fully saturated rings. The number of aromatic nitrogens is 1. The van der Waals surface area contributed by atoms with Crippen LogP contribution in [0.3, 0.4) is 0 Å². The monoisotopic (exact) mass is 394 g/mol. The van der Waals surface area contributed by atoms with Crippen molar-refractivity contribution in [1.82, 2.24) is 9.88 Å². The minimum atomic E-state index is -0.737. The van der Waals surface area contributed by atoms with E-state index >= 15 is 0 Å². The average molecular weight is 395 g/mol. The van der Waals surface area contributed by atoms with Gasteiger partial charge in [0.1, 0.15) is 6.04 Å². The van der Waals surface area contributed by atoms with Gasteiger partial charge in [0.15, 0.2) is 0 Å². The molecule has 0 radical (unpaired) electrons. The first-order valence-electron chi connectivity index (χ1n) is 7.73. The van der Waals surface area contributed by atoms with Crippen LogP contribution in [0.1, 0.15) is 41.4 Å². The van der Waals surface area contributed by atoms with E-state index in [1.54, 1.807) is 17.5 Å². The number of nitrogens with zero attached hydrogens (tertiary/aromatic N) is 2. The van der Waals surface area contributed by atoms with Crippen LogP contribution < -0.4 is 0 Å². The number of pyridine rings is 1. The van der Waals surface area contributed by atoms with E-state index in [0.717, 1.165) is 39.3 Å². The molecule has 2 unspecified atom stereocenters. The van der Waals surface area contributed by atoms with Gasteiger partial charge in [-0.15, -0.1) is 11.3 Å². The quantitative estimate of drug-likeness (QED) is 0.841. The number of rotatable bonds is 4. The van der Waals surface area contributed by atoms with Crippen molar-refractivity contribution in [2.75, 3.05) is 6.54 Å². The molecule has 0 saturated carbocycles. The van der Waals surface area contributed by atoms with Gasteiger partial charge in [0.2, 0.25) is 0 Å². The predicted molar refractivity (Wildman–Crippen MR) is 94.8 cm³/mol. The van der Waals surface area contributed by atoms with Gasteiger partial charge in [0.25, 0.3) is 0 Å². The third kappa shape index (κ3) is 3.49. The summed E-state index contributed by atoms with van der Waals surface area (Å²) in [4.78, 5) is 19.6. The van der Waals surface area contributed by atoms with Crippen LogP contribution in [0.2, 0.25) is 0 Å². The fourth-order valence-electron chi connectivity index (χ4n) is 3.24. The van der Waals surface area contributed by atoms with E-state index < -0.39 is 12.0 Å². The number of aliphatic carboxylic acids is 1. The summed E-state index contributed by atoms with van der Waals surface area (Å²) >= 11 is 5.17. The van der Waals surface area contributed by atoms with Crippen molar-refractivity contribution in [3.05, 3.63) is 50.4 Å². The van der Waals surface area contributed by atoms with Crippen molar-refractivity contribution in [2.24, 2.45) is 0 Å². The lowest BCUT2D eigenvalue weighted by atomic mass is 9.96. The topological polar surface area (TPSA) is 53.4 Å². The van der Waals surface area contributed by atoms with E-state index in [4.69, 9.17) is 0 Å². The number of likely N-dealkylation sites (tertiary alicyclic amines) is 1. The number of hydrogen-bond acceptors (Lipinski definition) is 4. The lowest BCUT2D eigenvalue weighted by Gasteiger charge is -2.38. The van der Waals surface area contributed by atoms with E-state index in [2.05, 4.69) is 31.9 Å². The molecule has 3 heterocycles. The molecule has 6 heteroatoms. The summed E-state index contributed by atoms with van der Waals surface area (Å²) < 4.78 is 1.05. The number of halogens is 1. The Kier molecular flexibility index (Phi) is 5.14. The standard InChI is InChI=1S/C17H19BrN2O2S/c1-11-5-4-9-19-15(11)16(13-7-8-14(18)23-13)20-10-3-2-6-12(20)17(21)22/h4-5,7-9,12,16H,2-3,6,10H2,1H3,(H,21,22). The van der Waals surface area contributed by atoms with Gasteiger partial charge in [-0.05, 0) is 59.5 Å². The largest absolute Gasteiger partial charge is 0.480 e. The predicted octanol–water partition coefficient (Wildman–Crippen LogP) is 4.24. The lowest BCUT2D eigenvalue weighted by molar-refractivity contribution is -0.145. The molecule has 122 valence electrons. The van der Waals surface area contributed by atoms with Crippen LogP contribution in [0, 0.1) is 6.92 Å². The Morgan fingerprint density at radius 3 is 2.91 bits per heavy atom. The lowest BCUT2D eigenvalue weighted by Crippen LogP contribution is -2.47. The average Bonchev–Trinajstić information content (AvgIpc) is 2.96. The molecule has 3 rings (SSSR count).